The topological polar surface area (TPSA) is 63.3 Å². The van der Waals surface area contributed by atoms with Gasteiger partial charge in [-0.3, -0.25) is 4.79 Å². The van der Waals surface area contributed by atoms with E-state index in [1.807, 2.05) is 30.3 Å². The van der Waals surface area contributed by atoms with Crippen LogP contribution < -0.4 is 5.73 Å². The first-order chi connectivity index (χ1) is 7.74. The van der Waals surface area contributed by atoms with E-state index in [0.717, 1.165) is 16.3 Å². The summed E-state index contributed by atoms with van der Waals surface area (Å²) >= 11 is 0. The normalized spacial score (nSPS) is 9.00. The molecule has 0 aromatic heterocycles. The molecule has 0 saturated carbocycles. The molecule has 0 heterocycles. The van der Waals surface area contributed by atoms with Crippen molar-refractivity contribution in [3.8, 4) is 5.75 Å². The largest absolute Gasteiger partial charge is 0.507 e. The van der Waals surface area contributed by atoms with Gasteiger partial charge in [0.25, 0.3) is 0 Å². The molecule has 2 aromatic carbocycles. The number of amides is 1. The summed E-state index contributed by atoms with van der Waals surface area (Å²) in [5.41, 5.74) is 5.22. The summed E-state index contributed by atoms with van der Waals surface area (Å²) in [6.45, 7) is 3.73. The second-order valence-corrected chi connectivity index (χ2v) is 3.06. The van der Waals surface area contributed by atoms with Gasteiger partial charge in [0, 0.05) is 5.39 Å². The van der Waals surface area contributed by atoms with Gasteiger partial charge < -0.3 is 10.8 Å². The first kappa shape index (κ1) is 11.8. The van der Waals surface area contributed by atoms with Gasteiger partial charge >= 0.3 is 0 Å². The predicted molar refractivity (Wildman–Crippen MR) is 66.0 cm³/mol. The van der Waals surface area contributed by atoms with Crippen molar-refractivity contribution >= 4 is 23.3 Å². The van der Waals surface area contributed by atoms with Gasteiger partial charge in [0.1, 0.15) is 5.75 Å². The second-order valence-electron chi connectivity index (χ2n) is 3.06. The summed E-state index contributed by atoms with van der Waals surface area (Å²) in [6.07, 6.45) is 2.04. The van der Waals surface area contributed by atoms with E-state index in [2.05, 4.69) is 12.3 Å². The monoisotopic (exact) mass is 215 g/mol. The Labute approximate surface area is 93.8 Å². The number of hydrogen-bond acceptors (Lipinski definition) is 2. The minimum Gasteiger partial charge on any atom is -0.507 e. The number of carbonyl (C=O) groups excluding carboxylic acids is 1. The molecule has 0 atom stereocenters. The number of phenols is 1. The molecule has 2 rings (SSSR count). The molecule has 1 amide bonds. The van der Waals surface area contributed by atoms with Gasteiger partial charge in [0.2, 0.25) is 6.41 Å². The number of hydrogen-bond donors (Lipinski definition) is 2. The fraction of sp³-hybridized carbons (Fsp3) is 0. The first-order valence-corrected chi connectivity index (χ1v) is 4.73. The van der Waals surface area contributed by atoms with Gasteiger partial charge in [0.15, 0.2) is 0 Å². The molecular formula is C13H13NO2. The summed E-state index contributed by atoms with van der Waals surface area (Å²) < 4.78 is 0. The Morgan fingerprint density at radius 3 is 2.25 bits per heavy atom. The lowest BCUT2D eigenvalue weighted by Gasteiger charge is -2.03. The molecule has 0 fully saturated rings. The summed E-state index contributed by atoms with van der Waals surface area (Å²) in [7, 11) is 0. The van der Waals surface area contributed by atoms with E-state index in [1.54, 1.807) is 12.1 Å². The highest BCUT2D eigenvalue weighted by molar-refractivity contribution is 5.94. The van der Waals surface area contributed by atoms with E-state index in [9.17, 15) is 5.11 Å². The van der Waals surface area contributed by atoms with Crippen molar-refractivity contribution in [2.45, 2.75) is 0 Å². The SMILES string of the molecule is C=Cc1ccc(O)c2ccccc12.NC=O. The summed E-state index contributed by atoms with van der Waals surface area (Å²) in [5, 5.41) is 11.5. The zero-order chi connectivity index (χ0) is 12.0. The lowest BCUT2D eigenvalue weighted by atomic mass is 10.0. The van der Waals surface area contributed by atoms with Crippen molar-refractivity contribution in [3.63, 3.8) is 0 Å². The Morgan fingerprint density at radius 2 is 1.69 bits per heavy atom. The third-order valence-corrected chi connectivity index (χ3v) is 2.15. The van der Waals surface area contributed by atoms with Gasteiger partial charge in [-0.15, -0.1) is 0 Å². The molecule has 0 unspecified atom stereocenters. The van der Waals surface area contributed by atoms with Crippen molar-refractivity contribution in [1.82, 2.24) is 0 Å². The van der Waals surface area contributed by atoms with Gasteiger partial charge in [-0.05, 0) is 17.0 Å². The first-order valence-electron chi connectivity index (χ1n) is 4.73. The van der Waals surface area contributed by atoms with E-state index in [4.69, 9.17) is 4.79 Å². The zero-order valence-corrected chi connectivity index (χ0v) is 8.76. The lowest BCUT2D eigenvalue weighted by molar-refractivity contribution is -0.106. The van der Waals surface area contributed by atoms with Crippen molar-refractivity contribution in [2.75, 3.05) is 0 Å². The highest BCUT2D eigenvalue weighted by Gasteiger charge is 2.00. The van der Waals surface area contributed by atoms with E-state index in [1.165, 1.54) is 0 Å². The fourth-order valence-electron chi connectivity index (χ4n) is 1.48. The standard InChI is InChI=1S/C12H10O.CH3NO/c1-2-9-7-8-12(13)11-6-4-3-5-10(9)11;2-1-3/h2-8,13H,1H2;1H,(H2,2,3). The van der Waals surface area contributed by atoms with Gasteiger partial charge in [-0.1, -0.05) is 43.0 Å². The van der Waals surface area contributed by atoms with Crippen LogP contribution in [0.25, 0.3) is 16.8 Å². The average Bonchev–Trinajstić information content (AvgIpc) is 2.31. The molecule has 16 heavy (non-hydrogen) atoms. The highest BCUT2D eigenvalue weighted by atomic mass is 16.3. The molecule has 0 radical (unpaired) electrons. The molecule has 82 valence electrons. The zero-order valence-electron chi connectivity index (χ0n) is 8.76. The number of phenolic OH excluding ortho intramolecular Hbond substituents is 1. The summed E-state index contributed by atoms with van der Waals surface area (Å²) in [5.74, 6) is 0.321. The molecule has 0 aliphatic carbocycles. The molecule has 3 N–H and O–H groups in total. The molecule has 0 bridgehead atoms. The van der Waals surface area contributed by atoms with E-state index in [-0.39, 0.29) is 6.41 Å². The minimum atomic E-state index is 0.250. The van der Waals surface area contributed by atoms with Crippen molar-refractivity contribution in [3.05, 3.63) is 48.5 Å². The van der Waals surface area contributed by atoms with Gasteiger partial charge in [-0.2, -0.15) is 0 Å². The molecule has 2 aromatic rings. The Balaban J connectivity index is 0.000000386. The van der Waals surface area contributed by atoms with E-state index < -0.39 is 0 Å². The van der Waals surface area contributed by atoms with Crippen LogP contribution in [0.5, 0.6) is 5.75 Å². The predicted octanol–water partition coefficient (Wildman–Crippen LogP) is 2.29. The maximum atomic E-state index is 9.56. The van der Waals surface area contributed by atoms with E-state index in [0.29, 0.717) is 5.75 Å². The average molecular weight is 215 g/mol. The second kappa shape index (κ2) is 5.56. The quantitative estimate of drug-likeness (QED) is 0.717. The molecule has 0 saturated heterocycles. The Morgan fingerprint density at radius 1 is 1.12 bits per heavy atom. The van der Waals surface area contributed by atoms with Crippen LogP contribution >= 0.6 is 0 Å². The molecule has 3 nitrogen and oxygen atoms in total. The Bertz CT molecular complexity index is 506. The number of fused-ring (bicyclic) bond motifs is 1. The Hall–Kier alpha value is -2.29. The number of primary amides is 1. The van der Waals surface area contributed by atoms with Crippen LogP contribution in [0, 0.1) is 0 Å². The number of rotatable bonds is 1. The van der Waals surface area contributed by atoms with Crippen LogP contribution in [0.4, 0.5) is 0 Å². The summed E-state index contributed by atoms with van der Waals surface area (Å²) in [6, 6.07) is 11.3. The summed E-state index contributed by atoms with van der Waals surface area (Å²) in [4.78, 5) is 8.58. The molecule has 3 heteroatoms. The van der Waals surface area contributed by atoms with Crippen molar-refractivity contribution in [1.29, 1.82) is 0 Å². The fourth-order valence-corrected chi connectivity index (χ4v) is 1.48. The van der Waals surface area contributed by atoms with Gasteiger partial charge in [-0.25, -0.2) is 0 Å². The van der Waals surface area contributed by atoms with Crippen molar-refractivity contribution < 1.29 is 9.90 Å². The minimum absolute atomic E-state index is 0.250. The number of benzene rings is 2. The molecule has 0 aliphatic heterocycles. The third-order valence-electron chi connectivity index (χ3n) is 2.15. The number of carbonyl (C=O) groups is 1. The number of nitrogens with two attached hydrogens (primary N) is 1. The maximum absolute atomic E-state index is 9.56. The van der Waals surface area contributed by atoms with Crippen LogP contribution in [0.1, 0.15) is 5.56 Å². The van der Waals surface area contributed by atoms with Crippen LogP contribution in [-0.4, -0.2) is 11.5 Å². The molecule has 0 aliphatic rings. The van der Waals surface area contributed by atoms with Crippen molar-refractivity contribution in [2.24, 2.45) is 5.73 Å². The lowest BCUT2D eigenvalue weighted by Crippen LogP contribution is -1.82. The smallest absolute Gasteiger partial charge is 0.204 e. The van der Waals surface area contributed by atoms with Crippen LogP contribution in [-0.2, 0) is 4.79 Å². The molecule has 0 spiro atoms. The Kier molecular flexibility index (Phi) is 4.09. The van der Waals surface area contributed by atoms with Crippen LogP contribution in [0.15, 0.2) is 43.0 Å². The van der Waals surface area contributed by atoms with Crippen LogP contribution in [0.2, 0.25) is 0 Å². The molecular weight excluding hydrogens is 202 g/mol. The maximum Gasteiger partial charge on any atom is 0.204 e. The highest BCUT2D eigenvalue weighted by Crippen LogP contribution is 2.27. The third kappa shape index (κ3) is 2.39. The van der Waals surface area contributed by atoms with E-state index >= 15 is 0 Å². The van der Waals surface area contributed by atoms with Crippen LogP contribution in [0.3, 0.4) is 0 Å². The number of aromatic hydroxyl groups is 1. The van der Waals surface area contributed by atoms with Gasteiger partial charge in [0.05, 0.1) is 0 Å².